The van der Waals surface area contributed by atoms with Crippen LogP contribution in [0.2, 0.25) is 0 Å². The molecule has 2 aromatic rings. The first-order chi connectivity index (χ1) is 6.83. The number of thiophene rings is 1. The molecule has 0 aliphatic carbocycles. The van der Waals surface area contributed by atoms with Crippen molar-refractivity contribution >= 4 is 16.3 Å². The molecule has 0 amide bonds. The highest BCUT2D eigenvalue weighted by atomic mass is 32.1. The van der Waals surface area contributed by atoms with Gasteiger partial charge in [0.15, 0.2) is 0 Å². The van der Waals surface area contributed by atoms with E-state index in [2.05, 4.69) is 11.1 Å². The summed E-state index contributed by atoms with van der Waals surface area (Å²) in [6.07, 6.45) is 3.42. The van der Waals surface area contributed by atoms with E-state index >= 15 is 0 Å². The van der Waals surface area contributed by atoms with Crippen molar-refractivity contribution in [2.45, 2.75) is 0 Å². The summed E-state index contributed by atoms with van der Waals surface area (Å²) in [5, 5.41) is 11.3. The second-order valence-corrected chi connectivity index (χ2v) is 3.65. The molecule has 0 radical (unpaired) electrons. The molecular weight excluding hydrogens is 194 g/mol. The Hall–Kier alpha value is -1.86. The van der Waals surface area contributed by atoms with Crippen LogP contribution < -0.4 is 5.73 Å². The van der Waals surface area contributed by atoms with Crippen LogP contribution in [0.15, 0.2) is 29.9 Å². The predicted octanol–water partition coefficient (Wildman–Crippen LogP) is 2.26. The predicted molar refractivity (Wildman–Crippen MR) is 56.7 cm³/mol. The van der Waals surface area contributed by atoms with Crippen LogP contribution in [0.4, 0.5) is 5.00 Å². The highest BCUT2D eigenvalue weighted by Gasteiger charge is 2.09. The van der Waals surface area contributed by atoms with Crippen LogP contribution in [0.5, 0.6) is 0 Å². The Bertz CT molecular complexity index is 482. The van der Waals surface area contributed by atoms with Crippen LogP contribution in [0.1, 0.15) is 5.56 Å². The summed E-state index contributed by atoms with van der Waals surface area (Å²) in [7, 11) is 0. The maximum atomic E-state index is 8.91. The number of nitriles is 1. The lowest BCUT2D eigenvalue weighted by Crippen LogP contribution is -1.85. The van der Waals surface area contributed by atoms with Gasteiger partial charge in [0.25, 0.3) is 0 Å². The van der Waals surface area contributed by atoms with Gasteiger partial charge in [0.05, 0.1) is 5.56 Å². The van der Waals surface area contributed by atoms with Gasteiger partial charge in [-0.25, -0.2) is 0 Å². The van der Waals surface area contributed by atoms with Crippen LogP contribution in [0.3, 0.4) is 0 Å². The summed E-state index contributed by atoms with van der Waals surface area (Å²) in [6.45, 7) is 0. The number of anilines is 1. The molecule has 2 rings (SSSR count). The van der Waals surface area contributed by atoms with Crippen LogP contribution in [0, 0.1) is 11.3 Å². The molecule has 0 fully saturated rings. The molecule has 0 saturated carbocycles. The van der Waals surface area contributed by atoms with Gasteiger partial charge in [-0.2, -0.15) is 5.26 Å². The Balaban J connectivity index is 2.59. The average Bonchev–Trinajstić information content (AvgIpc) is 2.61. The van der Waals surface area contributed by atoms with E-state index in [9.17, 15) is 0 Å². The lowest BCUT2D eigenvalue weighted by molar-refractivity contribution is 1.33. The summed E-state index contributed by atoms with van der Waals surface area (Å²) >= 11 is 1.38. The molecule has 0 spiro atoms. The first-order valence-corrected chi connectivity index (χ1v) is 4.88. The Kier molecular flexibility index (Phi) is 2.17. The van der Waals surface area contributed by atoms with E-state index in [1.54, 1.807) is 12.4 Å². The molecule has 0 unspecified atom stereocenters. The fourth-order valence-corrected chi connectivity index (χ4v) is 1.99. The molecule has 2 N–H and O–H groups in total. The molecule has 0 aromatic carbocycles. The van der Waals surface area contributed by atoms with Crippen molar-refractivity contribution in [3.63, 3.8) is 0 Å². The minimum absolute atomic E-state index is 0.544. The number of nitrogen functional groups attached to an aromatic ring is 1. The van der Waals surface area contributed by atoms with Gasteiger partial charge in [0.2, 0.25) is 0 Å². The second kappa shape index (κ2) is 3.48. The first-order valence-electron chi connectivity index (χ1n) is 4.00. The standard InChI is InChI=1S/C10H7N3S/c11-4-8-9(6-14-10(8)12)7-2-1-3-13-5-7/h1-3,5-6H,12H2. The first kappa shape index (κ1) is 8.73. The van der Waals surface area contributed by atoms with E-state index in [4.69, 9.17) is 11.0 Å². The average molecular weight is 201 g/mol. The van der Waals surface area contributed by atoms with Gasteiger partial charge in [0.1, 0.15) is 11.1 Å². The third-order valence-electron chi connectivity index (χ3n) is 1.90. The van der Waals surface area contributed by atoms with Crippen molar-refractivity contribution in [2.75, 3.05) is 5.73 Å². The minimum Gasteiger partial charge on any atom is -0.389 e. The van der Waals surface area contributed by atoms with Crippen molar-refractivity contribution < 1.29 is 0 Å². The van der Waals surface area contributed by atoms with Crippen molar-refractivity contribution in [2.24, 2.45) is 0 Å². The number of pyridine rings is 1. The molecule has 2 aromatic heterocycles. The van der Waals surface area contributed by atoms with Crippen molar-refractivity contribution in [3.8, 4) is 17.2 Å². The summed E-state index contributed by atoms with van der Waals surface area (Å²) in [6, 6.07) is 5.85. The zero-order valence-corrected chi connectivity index (χ0v) is 8.08. The minimum atomic E-state index is 0.544. The van der Waals surface area contributed by atoms with Gasteiger partial charge in [-0.1, -0.05) is 6.07 Å². The normalized spacial score (nSPS) is 9.64. The highest BCUT2D eigenvalue weighted by Crippen LogP contribution is 2.32. The number of aromatic nitrogens is 1. The van der Waals surface area contributed by atoms with Gasteiger partial charge < -0.3 is 5.73 Å². The highest BCUT2D eigenvalue weighted by molar-refractivity contribution is 7.14. The smallest absolute Gasteiger partial charge is 0.104 e. The fraction of sp³-hybridized carbons (Fsp3) is 0. The van der Waals surface area contributed by atoms with Crippen molar-refractivity contribution in [1.29, 1.82) is 5.26 Å². The molecular formula is C10H7N3S. The van der Waals surface area contributed by atoms with Gasteiger partial charge in [-0.3, -0.25) is 4.98 Å². The van der Waals surface area contributed by atoms with E-state index in [0.717, 1.165) is 11.1 Å². The molecule has 68 valence electrons. The fourth-order valence-electron chi connectivity index (χ4n) is 1.22. The zero-order chi connectivity index (χ0) is 9.97. The van der Waals surface area contributed by atoms with Crippen LogP contribution >= 0.6 is 11.3 Å². The maximum Gasteiger partial charge on any atom is 0.104 e. The largest absolute Gasteiger partial charge is 0.389 e. The molecule has 0 aliphatic heterocycles. The van der Waals surface area contributed by atoms with E-state index in [1.165, 1.54) is 11.3 Å². The van der Waals surface area contributed by atoms with E-state index in [-0.39, 0.29) is 0 Å². The molecule has 2 heterocycles. The topological polar surface area (TPSA) is 62.7 Å². The SMILES string of the molecule is N#Cc1c(-c2cccnc2)csc1N. The molecule has 0 bridgehead atoms. The third-order valence-corrected chi connectivity index (χ3v) is 2.72. The van der Waals surface area contributed by atoms with E-state index in [0.29, 0.717) is 10.6 Å². The van der Waals surface area contributed by atoms with E-state index in [1.807, 2.05) is 17.5 Å². The summed E-state index contributed by atoms with van der Waals surface area (Å²) < 4.78 is 0. The third kappa shape index (κ3) is 1.34. The van der Waals surface area contributed by atoms with Crippen LogP contribution in [-0.4, -0.2) is 4.98 Å². The Morgan fingerprint density at radius 3 is 3.00 bits per heavy atom. The zero-order valence-electron chi connectivity index (χ0n) is 7.27. The number of rotatable bonds is 1. The number of nitrogens with zero attached hydrogens (tertiary/aromatic N) is 2. The molecule has 3 nitrogen and oxygen atoms in total. The van der Waals surface area contributed by atoms with Crippen molar-refractivity contribution in [1.82, 2.24) is 4.98 Å². The Morgan fingerprint density at radius 2 is 2.36 bits per heavy atom. The Morgan fingerprint density at radius 1 is 1.50 bits per heavy atom. The quantitative estimate of drug-likeness (QED) is 0.769. The maximum absolute atomic E-state index is 8.91. The lowest BCUT2D eigenvalue weighted by Gasteiger charge is -1.96. The van der Waals surface area contributed by atoms with Gasteiger partial charge >= 0.3 is 0 Å². The lowest BCUT2D eigenvalue weighted by atomic mass is 10.1. The summed E-state index contributed by atoms with van der Waals surface area (Å²) in [5.41, 5.74) is 8.00. The molecule has 14 heavy (non-hydrogen) atoms. The summed E-state index contributed by atoms with van der Waals surface area (Å²) in [5.74, 6) is 0. The molecule has 0 atom stereocenters. The van der Waals surface area contributed by atoms with Gasteiger partial charge in [-0.05, 0) is 6.07 Å². The van der Waals surface area contributed by atoms with E-state index < -0.39 is 0 Å². The number of hydrogen-bond donors (Lipinski definition) is 1. The molecule has 4 heteroatoms. The number of hydrogen-bond acceptors (Lipinski definition) is 4. The van der Waals surface area contributed by atoms with Crippen molar-refractivity contribution in [3.05, 3.63) is 35.5 Å². The van der Waals surface area contributed by atoms with Gasteiger partial charge in [-0.15, -0.1) is 11.3 Å². The second-order valence-electron chi connectivity index (χ2n) is 2.74. The molecule has 0 saturated heterocycles. The monoisotopic (exact) mass is 201 g/mol. The van der Waals surface area contributed by atoms with Gasteiger partial charge in [0, 0.05) is 28.9 Å². The van der Waals surface area contributed by atoms with Crippen LogP contribution in [-0.2, 0) is 0 Å². The van der Waals surface area contributed by atoms with Crippen LogP contribution in [0.25, 0.3) is 11.1 Å². The molecule has 0 aliphatic rings. The Labute approximate surface area is 85.4 Å². The number of nitrogens with two attached hydrogens (primary N) is 1. The summed E-state index contributed by atoms with van der Waals surface area (Å²) in [4.78, 5) is 4.00.